The van der Waals surface area contributed by atoms with Crippen LogP contribution in [0.25, 0.3) is 0 Å². The Kier molecular flexibility index (Phi) is 1.19. The molecule has 1 heteroatoms. The highest BCUT2D eigenvalue weighted by molar-refractivity contribution is 5.94. The fraction of sp³-hybridized carbons (Fsp3) is 0.667. The molecule has 2 aliphatic rings. The molecule has 1 nitrogen and oxygen atoms in total. The molecule has 0 saturated heterocycles. The van der Waals surface area contributed by atoms with Crippen molar-refractivity contribution in [3.8, 4) is 0 Å². The number of rotatable bonds is 1. The highest BCUT2D eigenvalue weighted by Crippen LogP contribution is 2.43. The molecule has 2 bridgehead atoms. The first-order valence-electron chi connectivity index (χ1n) is 4.00. The van der Waals surface area contributed by atoms with Crippen LogP contribution in [0.15, 0.2) is 11.6 Å². The average molecular weight is 136 g/mol. The maximum absolute atomic E-state index is 11.0. The van der Waals surface area contributed by atoms with Crippen LogP contribution >= 0.6 is 0 Å². The molecule has 0 N–H and O–H groups in total. The third-order valence-electron chi connectivity index (χ3n) is 2.73. The maximum atomic E-state index is 11.0. The van der Waals surface area contributed by atoms with E-state index in [0.717, 1.165) is 11.5 Å². The number of carbonyl (C=O) groups excluding carboxylic acids is 1. The molecule has 0 radical (unpaired) electrons. The maximum Gasteiger partial charge on any atom is 0.155 e. The molecular formula is C9H12O. The van der Waals surface area contributed by atoms with Gasteiger partial charge in [0.2, 0.25) is 0 Å². The van der Waals surface area contributed by atoms with Crippen molar-refractivity contribution in [2.45, 2.75) is 26.2 Å². The first kappa shape index (κ1) is 6.14. The zero-order valence-corrected chi connectivity index (χ0v) is 6.26. The van der Waals surface area contributed by atoms with E-state index in [1.807, 2.05) is 0 Å². The molecule has 0 amide bonds. The minimum absolute atomic E-state index is 0.298. The highest BCUT2D eigenvalue weighted by atomic mass is 16.1. The van der Waals surface area contributed by atoms with Crippen LogP contribution in [0.1, 0.15) is 26.2 Å². The Morgan fingerprint density at radius 2 is 2.40 bits per heavy atom. The van der Waals surface area contributed by atoms with E-state index in [1.54, 1.807) is 6.92 Å². The molecule has 0 unspecified atom stereocenters. The van der Waals surface area contributed by atoms with Crippen LogP contribution in [0, 0.1) is 11.8 Å². The van der Waals surface area contributed by atoms with Crippen LogP contribution in [0.4, 0.5) is 0 Å². The molecule has 10 heavy (non-hydrogen) atoms. The van der Waals surface area contributed by atoms with Gasteiger partial charge in [0.15, 0.2) is 5.78 Å². The van der Waals surface area contributed by atoms with E-state index in [2.05, 4.69) is 6.08 Å². The Hall–Kier alpha value is -0.590. The van der Waals surface area contributed by atoms with Crippen molar-refractivity contribution < 1.29 is 4.79 Å². The first-order chi connectivity index (χ1) is 4.77. The Morgan fingerprint density at radius 3 is 2.70 bits per heavy atom. The van der Waals surface area contributed by atoms with Gasteiger partial charge in [-0.3, -0.25) is 4.79 Å². The fourth-order valence-electron chi connectivity index (χ4n) is 2.25. The van der Waals surface area contributed by atoms with E-state index in [-0.39, 0.29) is 0 Å². The summed E-state index contributed by atoms with van der Waals surface area (Å²) in [5.41, 5.74) is 1.12. The molecule has 1 saturated carbocycles. The smallest absolute Gasteiger partial charge is 0.155 e. The largest absolute Gasteiger partial charge is 0.295 e. The lowest BCUT2D eigenvalue weighted by molar-refractivity contribution is -0.114. The molecule has 0 aromatic heterocycles. The molecule has 0 aromatic carbocycles. The van der Waals surface area contributed by atoms with Crippen molar-refractivity contribution in [2.75, 3.05) is 0 Å². The predicted molar refractivity (Wildman–Crippen MR) is 39.6 cm³/mol. The van der Waals surface area contributed by atoms with Crippen molar-refractivity contribution in [1.82, 2.24) is 0 Å². The molecule has 2 atom stereocenters. The van der Waals surface area contributed by atoms with Gasteiger partial charge >= 0.3 is 0 Å². The van der Waals surface area contributed by atoms with Crippen LogP contribution in [0.3, 0.4) is 0 Å². The minimum atomic E-state index is 0.298. The molecule has 2 rings (SSSR count). The van der Waals surface area contributed by atoms with Crippen molar-refractivity contribution in [3.63, 3.8) is 0 Å². The van der Waals surface area contributed by atoms with Gasteiger partial charge in [-0.05, 0) is 43.6 Å². The van der Waals surface area contributed by atoms with Crippen LogP contribution in [0.5, 0.6) is 0 Å². The Bertz CT molecular complexity index is 203. The monoisotopic (exact) mass is 136 g/mol. The second-order valence-electron chi connectivity index (χ2n) is 3.45. The van der Waals surface area contributed by atoms with E-state index in [0.29, 0.717) is 11.7 Å². The summed E-state index contributed by atoms with van der Waals surface area (Å²) in [4.78, 5) is 11.0. The summed E-state index contributed by atoms with van der Waals surface area (Å²) in [6, 6.07) is 0. The summed E-state index contributed by atoms with van der Waals surface area (Å²) in [6.07, 6.45) is 6.03. The lowest BCUT2D eigenvalue weighted by Gasteiger charge is -2.08. The van der Waals surface area contributed by atoms with Gasteiger partial charge in [0.1, 0.15) is 0 Å². The lowest BCUT2D eigenvalue weighted by atomic mass is 9.96. The number of hydrogen-bond acceptors (Lipinski definition) is 1. The number of fused-ring (bicyclic) bond motifs is 2. The summed E-state index contributed by atoms with van der Waals surface area (Å²) in [5, 5.41) is 0. The van der Waals surface area contributed by atoms with E-state index in [1.165, 1.54) is 19.3 Å². The van der Waals surface area contributed by atoms with E-state index < -0.39 is 0 Å². The Morgan fingerprint density at radius 1 is 1.60 bits per heavy atom. The highest BCUT2D eigenvalue weighted by Gasteiger charge is 2.34. The Labute approximate surface area is 61.1 Å². The molecule has 1 fully saturated rings. The summed E-state index contributed by atoms with van der Waals surface area (Å²) in [5.74, 6) is 1.69. The summed E-state index contributed by atoms with van der Waals surface area (Å²) in [6.45, 7) is 1.69. The minimum Gasteiger partial charge on any atom is -0.295 e. The third kappa shape index (κ3) is 0.731. The molecule has 2 aliphatic carbocycles. The lowest BCUT2D eigenvalue weighted by Crippen LogP contribution is -2.05. The molecule has 0 heterocycles. The zero-order valence-electron chi connectivity index (χ0n) is 6.26. The van der Waals surface area contributed by atoms with Gasteiger partial charge in [-0.25, -0.2) is 0 Å². The van der Waals surface area contributed by atoms with Gasteiger partial charge in [-0.2, -0.15) is 0 Å². The number of ketones is 1. The Balaban J connectivity index is 2.25. The van der Waals surface area contributed by atoms with Crippen LogP contribution in [-0.2, 0) is 4.79 Å². The van der Waals surface area contributed by atoms with Crippen LogP contribution < -0.4 is 0 Å². The third-order valence-corrected chi connectivity index (χ3v) is 2.73. The van der Waals surface area contributed by atoms with E-state index in [9.17, 15) is 4.79 Å². The summed E-state index contributed by atoms with van der Waals surface area (Å²) < 4.78 is 0. The van der Waals surface area contributed by atoms with Gasteiger partial charge < -0.3 is 0 Å². The fourth-order valence-corrected chi connectivity index (χ4v) is 2.25. The van der Waals surface area contributed by atoms with Crippen molar-refractivity contribution in [1.29, 1.82) is 0 Å². The van der Waals surface area contributed by atoms with Crippen LogP contribution in [0.2, 0.25) is 0 Å². The van der Waals surface area contributed by atoms with Crippen molar-refractivity contribution in [2.24, 2.45) is 11.8 Å². The first-order valence-corrected chi connectivity index (χ1v) is 4.00. The number of carbonyl (C=O) groups is 1. The SMILES string of the molecule is CC(=O)C1=C[C@H]2CC[C@H]1C2. The van der Waals surface area contributed by atoms with Gasteiger partial charge in [-0.1, -0.05) is 6.08 Å². The van der Waals surface area contributed by atoms with Crippen molar-refractivity contribution in [3.05, 3.63) is 11.6 Å². The van der Waals surface area contributed by atoms with Gasteiger partial charge in [0.05, 0.1) is 0 Å². The molecule has 0 spiro atoms. The number of hydrogen-bond donors (Lipinski definition) is 0. The standard InChI is InChI=1S/C9H12O/c1-6(10)9-5-7-2-3-8(9)4-7/h5,7-8H,2-4H2,1H3/t7-,8-/m0/s1. The predicted octanol–water partition coefficient (Wildman–Crippen LogP) is 1.93. The molecular weight excluding hydrogens is 124 g/mol. The quantitative estimate of drug-likeness (QED) is 0.538. The zero-order chi connectivity index (χ0) is 7.14. The van der Waals surface area contributed by atoms with E-state index in [4.69, 9.17) is 0 Å². The van der Waals surface area contributed by atoms with Crippen molar-refractivity contribution >= 4 is 5.78 Å². The second kappa shape index (κ2) is 1.94. The summed E-state index contributed by atoms with van der Waals surface area (Å²) >= 11 is 0. The molecule has 0 aliphatic heterocycles. The second-order valence-corrected chi connectivity index (χ2v) is 3.45. The van der Waals surface area contributed by atoms with Gasteiger partial charge in [0, 0.05) is 0 Å². The molecule has 0 aromatic rings. The molecule has 54 valence electrons. The topological polar surface area (TPSA) is 17.1 Å². The number of Topliss-reactive ketones (excluding diaryl/α,β-unsaturated/α-hetero) is 1. The average Bonchev–Trinajstić information content (AvgIpc) is 2.44. The van der Waals surface area contributed by atoms with Gasteiger partial charge in [0.25, 0.3) is 0 Å². The normalized spacial score (nSPS) is 36.3. The summed E-state index contributed by atoms with van der Waals surface area (Å²) in [7, 11) is 0. The number of allylic oxidation sites excluding steroid dienone is 2. The van der Waals surface area contributed by atoms with Gasteiger partial charge in [-0.15, -0.1) is 0 Å². The van der Waals surface area contributed by atoms with E-state index >= 15 is 0 Å². The van der Waals surface area contributed by atoms with Crippen LogP contribution in [-0.4, -0.2) is 5.78 Å².